The minimum atomic E-state index is -4.81. The zero-order valence-electron chi connectivity index (χ0n) is 22.8. The summed E-state index contributed by atoms with van der Waals surface area (Å²) in [4.78, 5) is 37.8. The molecular formula is C32H33F4N3O5. The molecule has 1 aliphatic rings. The van der Waals surface area contributed by atoms with Crippen molar-refractivity contribution in [3.8, 4) is 0 Å². The summed E-state index contributed by atoms with van der Waals surface area (Å²) in [6.07, 6.45) is -0.301. The summed E-state index contributed by atoms with van der Waals surface area (Å²) >= 11 is 0. The van der Waals surface area contributed by atoms with Crippen LogP contribution in [0.15, 0.2) is 72.8 Å². The molecule has 4 N–H and O–H groups in total. The molecule has 44 heavy (non-hydrogen) atoms. The number of urea groups is 1. The van der Waals surface area contributed by atoms with Gasteiger partial charge in [0, 0.05) is 16.9 Å². The second kappa shape index (κ2) is 14.6. The Morgan fingerprint density at radius 2 is 1.64 bits per heavy atom. The molecule has 1 atom stereocenters. The number of aliphatic hydroxyl groups is 1. The molecule has 0 saturated carbocycles. The van der Waals surface area contributed by atoms with Crippen LogP contribution in [0.4, 0.5) is 33.7 Å². The predicted molar refractivity (Wildman–Crippen MR) is 159 cm³/mol. The van der Waals surface area contributed by atoms with Gasteiger partial charge in [0.15, 0.2) is 6.10 Å². The van der Waals surface area contributed by atoms with Gasteiger partial charge in [-0.3, -0.25) is 9.69 Å². The number of carbonyl (C=O) groups is 3. The molecule has 1 aliphatic carbocycles. The van der Waals surface area contributed by atoms with E-state index in [9.17, 15) is 37.1 Å². The molecule has 12 heteroatoms. The maximum atomic E-state index is 14.0. The van der Waals surface area contributed by atoms with Gasteiger partial charge in [0.2, 0.25) is 0 Å². The first-order chi connectivity index (χ1) is 20.4. The Bertz CT molecular complexity index is 1510. The fraction of sp³-hybridized carbons (Fsp3) is 0.281. The molecule has 0 heterocycles. The van der Waals surface area contributed by atoms with E-state index in [1.165, 1.54) is 22.6 Å². The van der Waals surface area contributed by atoms with Crippen LogP contribution in [0.5, 0.6) is 0 Å². The van der Waals surface area contributed by atoms with Gasteiger partial charge >= 0.3 is 18.2 Å². The topological polar surface area (TPSA) is 119 Å². The third kappa shape index (κ3) is 8.90. The molecule has 0 bridgehead atoms. The largest absolute Gasteiger partial charge is 0.479 e. The number of aliphatic hydroxyl groups excluding tert-OH is 1. The lowest BCUT2D eigenvalue weighted by Gasteiger charge is -2.24. The number of alkyl halides is 3. The van der Waals surface area contributed by atoms with E-state index in [-0.39, 0.29) is 25.2 Å². The highest BCUT2D eigenvalue weighted by Gasteiger charge is 2.32. The zero-order valence-corrected chi connectivity index (χ0v) is 22.8. The maximum Gasteiger partial charge on any atom is 0.416 e. The van der Waals surface area contributed by atoms with Crippen LogP contribution in [0.25, 0.3) is 5.57 Å². The summed E-state index contributed by atoms with van der Waals surface area (Å²) in [5.41, 5.74) is 1.71. The van der Waals surface area contributed by atoms with E-state index < -0.39 is 48.1 Å². The molecule has 8 nitrogen and oxygen atoms in total. The minimum absolute atomic E-state index is 0. The van der Waals surface area contributed by atoms with Crippen molar-refractivity contribution < 1.29 is 42.2 Å². The van der Waals surface area contributed by atoms with E-state index in [0.29, 0.717) is 23.4 Å². The van der Waals surface area contributed by atoms with Crippen molar-refractivity contribution in [3.63, 3.8) is 0 Å². The number of halogens is 4. The lowest BCUT2D eigenvalue weighted by Crippen LogP contribution is -2.36. The molecular weight excluding hydrogens is 582 g/mol. The highest BCUT2D eigenvalue weighted by molar-refractivity contribution is 6.02. The van der Waals surface area contributed by atoms with E-state index in [2.05, 4.69) is 16.7 Å². The summed E-state index contributed by atoms with van der Waals surface area (Å²) in [5, 5.41) is 22.8. The van der Waals surface area contributed by atoms with Crippen LogP contribution in [0.1, 0.15) is 60.2 Å². The average Bonchev–Trinajstić information content (AvgIpc) is 2.98. The predicted octanol–water partition coefficient (Wildman–Crippen LogP) is 6.85. The normalized spacial score (nSPS) is 13.6. The number of nitrogens with zero attached hydrogens (tertiary/aromatic N) is 1. The smallest absolute Gasteiger partial charge is 0.416 e. The van der Waals surface area contributed by atoms with Crippen LogP contribution in [0, 0.1) is 5.82 Å². The molecule has 0 radical (unpaired) electrons. The number of benzene rings is 3. The number of carboxylic acid groups (broad SMARTS) is 1. The van der Waals surface area contributed by atoms with Gasteiger partial charge in [-0.1, -0.05) is 37.8 Å². The molecule has 0 aliphatic heterocycles. The van der Waals surface area contributed by atoms with Gasteiger partial charge in [0.1, 0.15) is 5.82 Å². The van der Waals surface area contributed by atoms with Crippen molar-refractivity contribution >= 4 is 34.9 Å². The summed E-state index contributed by atoms with van der Waals surface area (Å²) in [5.74, 6) is -3.27. The Balaban J connectivity index is 0.00000529. The first-order valence-electron chi connectivity index (χ1n) is 13.4. The van der Waals surface area contributed by atoms with Gasteiger partial charge in [0.05, 0.1) is 18.7 Å². The molecule has 3 aromatic carbocycles. The molecule has 3 aromatic rings. The summed E-state index contributed by atoms with van der Waals surface area (Å²) < 4.78 is 53.7. The number of amides is 3. The number of hydrogen-bond acceptors (Lipinski definition) is 4. The monoisotopic (exact) mass is 615 g/mol. The van der Waals surface area contributed by atoms with Crippen molar-refractivity contribution in [2.75, 3.05) is 16.8 Å². The van der Waals surface area contributed by atoms with Crippen LogP contribution >= 0.6 is 0 Å². The number of allylic oxidation sites excluding steroid dienone is 2. The van der Waals surface area contributed by atoms with Gasteiger partial charge in [-0.2, -0.15) is 13.2 Å². The van der Waals surface area contributed by atoms with E-state index in [1.807, 2.05) is 12.1 Å². The molecule has 0 aromatic heterocycles. The number of nitrogens with one attached hydrogen (secondary N) is 2. The third-order valence-electron chi connectivity index (χ3n) is 6.86. The fourth-order valence-electron chi connectivity index (χ4n) is 4.58. The van der Waals surface area contributed by atoms with Crippen molar-refractivity contribution in [1.29, 1.82) is 0 Å². The van der Waals surface area contributed by atoms with Gasteiger partial charge in [-0.25, -0.2) is 14.0 Å². The van der Waals surface area contributed by atoms with Crippen molar-refractivity contribution in [1.82, 2.24) is 5.32 Å². The number of anilines is 2. The van der Waals surface area contributed by atoms with E-state index >= 15 is 0 Å². The summed E-state index contributed by atoms with van der Waals surface area (Å²) in [6, 6.07) is 14.1. The highest BCUT2D eigenvalue weighted by Crippen LogP contribution is 2.32. The molecule has 0 saturated heterocycles. The molecule has 0 unspecified atom stereocenters. The molecule has 4 rings (SSSR count). The van der Waals surface area contributed by atoms with E-state index in [0.717, 1.165) is 37.3 Å². The van der Waals surface area contributed by atoms with Gasteiger partial charge in [-0.05, 0) is 84.8 Å². The summed E-state index contributed by atoms with van der Waals surface area (Å²) in [7, 11) is 0. The average molecular weight is 616 g/mol. The molecule has 234 valence electrons. The fourth-order valence-corrected chi connectivity index (χ4v) is 4.58. The Morgan fingerprint density at radius 1 is 0.955 bits per heavy atom. The lowest BCUT2D eigenvalue weighted by atomic mass is 9.93. The molecule has 0 fully saturated rings. The quantitative estimate of drug-likeness (QED) is 0.196. The Labute approximate surface area is 252 Å². The maximum absolute atomic E-state index is 14.0. The summed E-state index contributed by atoms with van der Waals surface area (Å²) in [6.45, 7) is -0.554. The lowest BCUT2D eigenvalue weighted by molar-refractivity contribution is -0.146. The van der Waals surface area contributed by atoms with Gasteiger partial charge in [0.25, 0.3) is 5.91 Å². The second-order valence-corrected chi connectivity index (χ2v) is 10.0. The van der Waals surface area contributed by atoms with Gasteiger partial charge in [-0.15, -0.1) is 0 Å². The molecule has 0 spiro atoms. The van der Waals surface area contributed by atoms with E-state index in [1.54, 1.807) is 24.3 Å². The molecule has 3 amide bonds. The number of hydrogen-bond donors (Lipinski definition) is 4. The minimum Gasteiger partial charge on any atom is -0.479 e. The van der Waals surface area contributed by atoms with Crippen molar-refractivity contribution in [2.45, 2.75) is 51.9 Å². The van der Waals surface area contributed by atoms with Crippen LogP contribution in [-0.4, -0.2) is 40.8 Å². The standard InChI is InChI=1S/C31H29F4N3O5.CH4/c32-24-14-23(31(33,34)35)15-25(16-24)37-30(43)38(26-12-10-21(11-13-26)20-4-2-1-3-5-20)18-19-6-8-22(9-7-19)28(40)36-17-27(39)29(41)42;/h4,6-16,27,39H,1-3,5,17-18H2,(H,36,40)(H,37,43)(H,41,42);1H4/t27-;/m1./s1. The number of aliphatic carboxylic acids is 1. The van der Waals surface area contributed by atoms with Gasteiger partial charge < -0.3 is 20.8 Å². The van der Waals surface area contributed by atoms with E-state index in [4.69, 9.17) is 5.11 Å². The Hall–Kier alpha value is -4.71. The SMILES string of the molecule is C.O=C(NC[C@@H](O)C(=O)O)c1ccc(CN(C(=O)Nc2cc(F)cc(C(F)(F)F)c2)c2ccc(C3=CCCCC3)cc2)cc1. The van der Waals surface area contributed by atoms with Crippen LogP contribution < -0.4 is 15.5 Å². The Morgan fingerprint density at radius 3 is 2.23 bits per heavy atom. The zero-order chi connectivity index (χ0) is 31.1. The first kappa shape index (κ1) is 33.8. The van der Waals surface area contributed by atoms with Crippen LogP contribution in [0.2, 0.25) is 0 Å². The van der Waals surface area contributed by atoms with Crippen LogP contribution in [0.3, 0.4) is 0 Å². The number of carboxylic acids is 1. The third-order valence-corrected chi connectivity index (χ3v) is 6.86. The highest BCUT2D eigenvalue weighted by atomic mass is 19.4. The van der Waals surface area contributed by atoms with Crippen molar-refractivity contribution in [3.05, 3.63) is 101 Å². The van der Waals surface area contributed by atoms with Crippen LogP contribution in [-0.2, 0) is 17.5 Å². The second-order valence-electron chi connectivity index (χ2n) is 10.0. The number of rotatable bonds is 9. The van der Waals surface area contributed by atoms with Crippen molar-refractivity contribution in [2.24, 2.45) is 0 Å². The first-order valence-corrected chi connectivity index (χ1v) is 13.4. The Kier molecular flexibility index (Phi) is 11.2. The number of carbonyl (C=O) groups excluding carboxylic acids is 2.